The molecule has 0 saturated carbocycles. The average molecular weight is 447 g/mol. The van der Waals surface area contributed by atoms with Crippen LogP contribution in [0.25, 0.3) is 16.9 Å². The van der Waals surface area contributed by atoms with Crippen LogP contribution in [-0.4, -0.2) is 33.7 Å². The first-order chi connectivity index (χ1) is 16.7. The summed E-state index contributed by atoms with van der Waals surface area (Å²) in [7, 11) is 2.09. The molecule has 0 spiro atoms. The number of nitrogens with zero attached hydrogens (tertiary/aromatic N) is 6. The molecule has 166 valence electrons. The van der Waals surface area contributed by atoms with Crippen LogP contribution in [0, 0.1) is 0 Å². The highest BCUT2D eigenvalue weighted by molar-refractivity contribution is 5.82. The van der Waals surface area contributed by atoms with E-state index in [0.29, 0.717) is 11.6 Å². The molecule has 0 saturated heterocycles. The Kier molecular flexibility index (Phi) is 4.92. The van der Waals surface area contributed by atoms with Crippen molar-refractivity contribution in [1.29, 1.82) is 0 Å². The first kappa shape index (κ1) is 20.0. The summed E-state index contributed by atoms with van der Waals surface area (Å²) in [4.78, 5) is 8.91. The lowest BCUT2D eigenvalue weighted by Gasteiger charge is -2.19. The minimum atomic E-state index is 0.537. The highest BCUT2D eigenvalue weighted by Gasteiger charge is 2.24. The molecule has 0 radical (unpaired) electrons. The van der Waals surface area contributed by atoms with E-state index in [1.54, 1.807) is 10.9 Å². The van der Waals surface area contributed by atoms with Crippen molar-refractivity contribution in [2.24, 2.45) is 0 Å². The van der Waals surface area contributed by atoms with Gasteiger partial charge in [-0.05, 0) is 42.5 Å². The fourth-order valence-electron chi connectivity index (χ4n) is 4.17. The summed E-state index contributed by atoms with van der Waals surface area (Å²) in [6, 6.07) is 30.1. The fraction of sp³-hybridized carbons (Fsp3) is 0.0741. The van der Waals surface area contributed by atoms with Gasteiger partial charge in [0.05, 0.1) is 29.9 Å². The third kappa shape index (κ3) is 3.73. The predicted molar refractivity (Wildman–Crippen MR) is 133 cm³/mol. The van der Waals surface area contributed by atoms with Crippen molar-refractivity contribution >= 4 is 17.1 Å². The Bertz CT molecular complexity index is 1450. The lowest BCUT2D eigenvalue weighted by molar-refractivity contribution is 0.463. The standard InChI is InChI=1S/C27H22N6O/c1-31-19-32(26-13-6-5-12-25(26)31)22-14-15-28-27(17-22)34-23-11-7-8-20(16-23)24-18-33(30-29-24)21-9-3-2-4-10-21/h2-18H,19H2,1H3. The SMILES string of the molecule is CN1CN(c2ccnc(Oc3cccc(-c4cn(-c5ccccc5)nn4)c3)c2)c2ccccc21. The molecule has 7 nitrogen and oxygen atoms in total. The zero-order valence-electron chi connectivity index (χ0n) is 18.6. The van der Waals surface area contributed by atoms with E-state index in [-0.39, 0.29) is 0 Å². The molecule has 7 heteroatoms. The summed E-state index contributed by atoms with van der Waals surface area (Å²) in [5, 5.41) is 8.60. The van der Waals surface area contributed by atoms with E-state index in [4.69, 9.17) is 4.74 Å². The summed E-state index contributed by atoms with van der Waals surface area (Å²) in [6.07, 6.45) is 3.69. The van der Waals surface area contributed by atoms with Crippen molar-refractivity contribution in [3.63, 3.8) is 0 Å². The van der Waals surface area contributed by atoms with Crippen LogP contribution in [0.2, 0.25) is 0 Å². The van der Waals surface area contributed by atoms with Crippen molar-refractivity contribution in [2.75, 3.05) is 23.5 Å². The monoisotopic (exact) mass is 446 g/mol. The highest BCUT2D eigenvalue weighted by Crippen LogP contribution is 2.40. The van der Waals surface area contributed by atoms with Crippen LogP contribution >= 0.6 is 0 Å². The molecule has 1 aliphatic rings. The van der Waals surface area contributed by atoms with Gasteiger partial charge in [0.15, 0.2) is 0 Å². The first-order valence-electron chi connectivity index (χ1n) is 11.0. The molecular formula is C27H22N6O. The van der Waals surface area contributed by atoms with Crippen molar-refractivity contribution in [3.8, 4) is 28.6 Å². The van der Waals surface area contributed by atoms with E-state index in [1.165, 1.54) is 11.4 Å². The molecule has 5 aromatic rings. The minimum Gasteiger partial charge on any atom is -0.439 e. The van der Waals surface area contributed by atoms with Gasteiger partial charge >= 0.3 is 0 Å². The van der Waals surface area contributed by atoms with Gasteiger partial charge in [-0.3, -0.25) is 0 Å². The second-order valence-electron chi connectivity index (χ2n) is 8.12. The molecule has 2 aromatic heterocycles. The number of fused-ring (bicyclic) bond motifs is 1. The zero-order chi connectivity index (χ0) is 22.9. The summed E-state index contributed by atoms with van der Waals surface area (Å²) >= 11 is 0. The molecule has 1 aliphatic heterocycles. The minimum absolute atomic E-state index is 0.537. The van der Waals surface area contributed by atoms with Crippen molar-refractivity contribution in [3.05, 3.63) is 103 Å². The van der Waals surface area contributed by atoms with Crippen LogP contribution in [0.4, 0.5) is 17.1 Å². The van der Waals surface area contributed by atoms with E-state index < -0.39 is 0 Å². The number of hydrogen-bond acceptors (Lipinski definition) is 6. The molecule has 6 rings (SSSR count). The Morgan fingerprint density at radius 1 is 0.794 bits per heavy atom. The molecule has 0 aliphatic carbocycles. The fourth-order valence-corrected chi connectivity index (χ4v) is 4.17. The molecule has 0 fully saturated rings. The maximum atomic E-state index is 6.14. The highest BCUT2D eigenvalue weighted by atomic mass is 16.5. The predicted octanol–water partition coefficient (Wildman–Crippen LogP) is 5.67. The van der Waals surface area contributed by atoms with E-state index in [2.05, 4.69) is 56.4 Å². The largest absolute Gasteiger partial charge is 0.439 e. The van der Waals surface area contributed by atoms with Crippen LogP contribution in [0.1, 0.15) is 0 Å². The first-order valence-corrected chi connectivity index (χ1v) is 11.0. The Labute approximate surface area is 197 Å². The summed E-state index contributed by atoms with van der Waals surface area (Å²) in [6.45, 7) is 0.773. The third-order valence-corrected chi connectivity index (χ3v) is 5.83. The number of ether oxygens (including phenoxy) is 1. The van der Waals surface area contributed by atoms with Crippen molar-refractivity contribution < 1.29 is 4.74 Å². The van der Waals surface area contributed by atoms with Gasteiger partial charge in [-0.15, -0.1) is 5.10 Å². The van der Waals surface area contributed by atoms with Crippen molar-refractivity contribution in [1.82, 2.24) is 20.0 Å². The van der Waals surface area contributed by atoms with Crippen LogP contribution in [-0.2, 0) is 0 Å². The maximum absolute atomic E-state index is 6.14. The smallest absolute Gasteiger partial charge is 0.221 e. The number of anilines is 3. The average Bonchev–Trinajstić information content (AvgIpc) is 3.51. The second kappa shape index (κ2) is 8.37. The number of rotatable bonds is 5. The van der Waals surface area contributed by atoms with E-state index in [1.807, 2.05) is 72.9 Å². The van der Waals surface area contributed by atoms with Gasteiger partial charge in [-0.25, -0.2) is 9.67 Å². The van der Waals surface area contributed by atoms with Gasteiger partial charge in [-0.1, -0.05) is 47.7 Å². The normalized spacial score (nSPS) is 12.6. The van der Waals surface area contributed by atoms with E-state index >= 15 is 0 Å². The Morgan fingerprint density at radius 2 is 1.62 bits per heavy atom. The summed E-state index contributed by atoms with van der Waals surface area (Å²) in [5.41, 5.74) is 6.06. The topological polar surface area (TPSA) is 59.3 Å². The van der Waals surface area contributed by atoms with Gasteiger partial charge < -0.3 is 14.5 Å². The Balaban J connectivity index is 1.24. The van der Waals surface area contributed by atoms with Crippen LogP contribution in [0.3, 0.4) is 0 Å². The van der Waals surface area contributed by atoms with Crippen molar-refractivity contribution in [2.45, 2.75) is 0 Å². The van der Waals surface area contributed by atoms with Gasteiger partial charge in [0.1, 0.15) is 11.4 Å². The Hall–Kier alpha value is -4.65. The zero-order valence-corrected chi connectivity index (χ0v) is 18.6. The van der Waals surface area contributed by atoms with Gasteiger partial charge in [-0.2, -0.15) is 0 Å². The molecule has 3 heterocycles. The number of pyridine rings is 1. The van der Waals surface area contributed by atoms with Gasteiger partial charge in [0, 0.05) is 30.6 Å². The summed E-state index contributed by atoms with van der Waals surface area (Å²) < 4.78 is 7.90. The third-order valence-electron chi connectivity index (χ3n) is 5.83. The maximum Gasteiger partial charge on any atom is 0.221 e. The molecule has 0 atom stereocenters. The van der Waals surface area contributed by atoms with E-state index in [0.717, 1.165) is 29.3 Å². The summed E-state index contributed by atoms with van der Waals surface area (Å²) in [5.74, 6) is 1.23. The quantitative estimate of drug-likeness (QED) is 0.347. The molecule has 0 amide bonds. The molecule has 0 N–H and O–H groups in total. The van der Waals surface area contributed by atoms with E-state index in [9.17, 15) is 0 Å². The molecule has 0 unspecified atom stereocenters. The number of aromatic nitrogens is 4. The van der Waals surface area contributed by atoms with Gasteiger partial charge in [0.25, 0.3) is 0 Å². The second-order valence-corrected chi connectivity index (χ2v) is 8.12. The number of hydrogen-bond donors (Lipinski definition) is 0. The van der Waals surface area contributed by atoms with Gasteiger partial charge in [0.2, 0.25) is 5.88 Å². The number of para-hydroxylation sites is 3. The molecule has 0 bridgehead atoms. The van der Waals surface area contributed by atoms with Crippen LogP contribution in [0.5, 0.6) is 11.6 Å². The van der Waals surface area contributed by atoms with Crippen LogP contribution < -0.4 is 14.5 Å². The molecular weight excluding hydrogens is 424 g/mol. The Morgan fingerprint density at radius 3 is 2.50 bits per heavy atom. The lowest BCUT2D eigenvalue weighted by Crippen LogP contribution is -2.23. The van der Waals surface area contributed by atoms with Crippen LogP contribution in [0.15, 0.2) is 103 Å². The molecule has 34 heavy (non-hydrogen) atoms. The molecule has 3 aromatic carbocycles. The lowest BCUT2D eigenvalue weighted by atomic mass is 10.1. The number of benzene rings is 3.